The predicted molar refractivity (Wildman–Crippen MR) is 84.4 cm³/mol. The molecule has 0 unspecified atom stereocenters. The van der Waals surface area contributed by atoms with E-state index in [1.807, 2.05) is 10.7 Å². The van der Waals surface area contributed by atoms with Crippen molar-refractivity contribution in [3.8, 4) is 11.3 Å². The maximum absolute atomic E-state index is 4.72. The third kappa shape index (κ3) is 2.48. The van der Waals surface area contributed by atoms with E-state index in [1.54, 1.807) is 11.3 Å². The number of fused-ring (bicyclic) bond motifs is 1. The first kappa shape index (κ1) is 13.3. The maximum Gasteiger partial charge on any atom is 0.212 e. The third-order valence-corrected chi connectivity index (χ3v) is 4.47. The second-order valence-corrected chi connectivity index (χ2v) is 6.31. The Labute approximate surface area is 123 Å². The fraction of sp³-hybridized carbons (Fsp3) is 0.375. The van der Waals surface area contributed by atoms with Gasteiger partial charge in [-0.3, -0.25) is 0 Å². The zero-order chi connectivity index (χ0) is 14.1. The Morgan fingerprint density at radius 1 is 1.25 bits per heavy atom. The van der Waals surface area contributed by atoms with Crippen LogP contribution in [-0.2, 0) is 6.42 Å². The lowest BCUT2D eigenvalue weighted by Gasteiger charge is -2.03. The Bertz CT molecular complexity index is 708. The van der Waals surface area contributed by atoms with Crippen molar-refractivity contribution in [2.45, 2.75) is 40.0 Å². The van der Waals surface area contributed by atoms with E-state index < -0.39 is 0 Å². The number of aromatic nitrogens is 3. The zero-order valence-electron chi connectivity index (χ0n) is 12.2. The van der Waals surface area contributed by atoms with Crippen LogP contribution in [0.4, 0.5) is 0 Å². The summed E-state index contributed by atoms with van der Waals surface area (Å²) in [5, 5.41) is 5.80. The smallest absolute Gasteiger partial charge is 0.212 e. The summed E-state index contributed by atoms with van der Waals surface area (Å²) in [6, 6.07) is 6.48. The number of aryl methyl sites for hydroxylation is 3. The molecule has 0 bridgehead atoms. The van der Waals surface area contributed by atoms with Crippen LogP contribution in [-0.4, -0.2) is 14.6 Å². The lowest BCUT2D eigenvalue weighted by molar-refractivity contribution is 0.770. The first-order valence-electron chi connectivity index (χ1n) is 7.10. The Morgan fingerprint density at radius 3 is 2.80 bits per heavy atom. The van der Waals surface area contributed by atoms with Crippen LogP contribution in [0.15, 0.2) is 24.4 Å². The van der Waals surface area contributed by atoms with Gasteiger partial charge in [0.25, 0.3) is 0 Å². The van der Waals surface area contributed by atoms with E-state index in [9.17, 15) is 0 Å². The molecule has 0 N–H and O–H groups in total. The highest BCUT2D eigenvalue weighted by Crippen LogP contribution is 2.26. The van der Waals surface area contributed by atoms with Gasteiger partial charge >= 0.3 is 0 Å². The van der Waals surface area contributed by atoms with Gasteiger partial charge in [0.05, 0.1) is 11.9 Å². The van der Waals surface area contributed by atoms with E-state index in [0.717, 1.165) is 17.1 Å². The summed E-state index contributed by atoms with van der Waals surface area (Å²) in [5.74, 6) is 0. The second-order valence-electron chi connectivity index (χ2n) is 5.27. The molecule has 3 rings (SSSR count). The van der Waals surface area contributed by atoms with Crippen molar-refractivity contribution in [3.63, 3.8) is 0 Å². The number of hydrogen-bond acceptors (Lipinski definition) is 3. The van der Waals surface area contributed by atoms with Crippen LogP contribution in [0.25, 0.3) is 16.2 Å². The summed E-state index contributed by atoms with van der Waals surface area (Å²) in [4.78, 5) is 5.71. The van der Waals surface area contributed by atoms with Crippen LogP contribution < -0.4 is 0 Å². The third-order valence-electron chi connectivity index (χ3n) is 3.49. The normalized spacial score (nSPS) is 11.3. The molecule has 2 heterocycles. The Hall–Kier alpha value is -1.68. The Morgan fingerprint density at radius 2 is 2.10 bits per heavy atom. The van der Waals surface area contributed by atoms with E-state index in [1.165, 1.54) is 34.5 Å². The number of benzene rings is 1. The summed E-state index contributed by atoms with van der Waals surface area (Å²) in [7, 11) is 0. The molecule has 0 fully saturated rings. The maximum atomic E-state index is 4.72. The van der Waals surface area contributed by atoms with Crippen LogP contribution in [0.1, 0.15) is 35.9 Å². The van der Waals surface area contributed by atoms with Crippen LogP contribution in [0.2, 0.25) is 0 Å². The number of hydrogen-bond donors (Lipinski definition) is 0. The van der Waals surface area contributed by atoms with Crippen LogP contribution in [0.5, 0.6) is 0 Å². The number of imidazole rings is 1. The minimum atomic E-state index is 0.992. The molecule has 0 aliphatic carbocycles. The molecule has 104 valence electrons. The highest BCUT2D eigenvalue weighted by molar-refractivity contribution is 7.16. The summed E-state index contributed by atoms with van der Waals surface area (Å²) < 4.78 is 1.92. The van der Waals surface area contributed by atoms with Gasteiger partial charge in [-0.25, -0.2) is 9.50 Å². The molecule has 0 aliphatic heterocycles. The molecule has 0 aliphatic rings. The minimum Gasteiger partial charge on any atom is -0.217 e. The highest BCUT2D eigenvalue weighted by atomic mass is 32.1. The van der Waals surface area contributed by atoms with Crippen molar-refractivity contribution in [1.82, 2.24) is 14.6 Å². The fourth-order valence-corrected chi connectivity index (χ4v) is 3.32. The van der Waals surface area contributed by atoms with Crippen LogP contribution in [0, 0.1) is 13.8 Å². The fourth-order valence-electron chi connectivity index (χ4n) is 2.40. The minimum absolute atomic E-state index is 0.992. The van der Waals surface area contributed by atoms with Crippen molar-refractivity contribution >= 4 is 16.3 Å². The SMILES string of the molecule is CCCCc1nn2cc(-c3ccc(C)cc3C)nc2s1. The van der Waals surface area contributed by atoms with Gasteiger partial charge in [0.2, 0.25) is 4.96 Å². The lowest BCUT2D eigenvalue weighted by atomic mass is 10.0. The van der Waals surface area contributed by atoms with Gasteiger partial charge in [-0.1, -0.05) is 48.4 Å². The number of unbranched alkanes of at least 4 members (excludes halogenated alkanes) is 1. The summed E-state index contributed by atoms with van der Waals surface area (Å²) in [6.07, 6.45) is 5.50. The molecule has 0 spiro atoms. The molecule has 3 nitrogen and oxygen atoms in total. The van der Waals surface area contributed by atoms with E-state index in [0.29, 0.717) is 0 Å². The zero-order valence-corrected chi connectivity index (χ0v) is 13.0. The molecule has 0 amide bonds. The molecule has 20 heavy (non-hydrogen) atoms. The van der Waals surface area contributed by atoms with Crippen LogP contribution in [0.3, 0.4) is 0 Å². The largest absolute Gasteiger partial charge is 0.217 e. The monoisotopic (exact) mass is 285 g/mol. The lowest BCUT2D eigenvalue weighted by Crippen LogP contribution is -1.87. The molecule has 0 saturated heterocycles. The van der Waals surface area contributed by atoms with E-state index in [-0.39, 0.29) is 0 Å². The number of rotatable bonds is 4. The van der Waals surface area contributed by atoms with Gasteiger partial charge < -0.3 is 0 Å². The summed E-state index contributed by atoms with van der Waals surface area (Å²) >= 11 is 1.70. The molecular formula is C16H19N3S. The van der Waals surface area contributed by atoms with Gasteiger partial charge in [-0.2, -0.15) is 5.10 Å². The first-order chi connectivity index (χ1) is 9.67. The average molecular weight is 285 g/mol. The van der Waals surface area contributed by atoms with Gasteiger partial charge in [-0.15, -0.1) is 0 Å². The van der Waals surface area contributed by atoms with Gasteiger partial charge in [0.1, 0.15) is 5.01 Å². The molecule has 4 heteroatoms. The average Bonchev–Trinajstić information content (AvgIpc) is 2.94. The standard InChI is InChI=1S/C16H19N3S/c1-4-5-6-15-18-19-10-14(17-16(19)20-15)13-8-7-11(2)9-12(13)3/h7-10H,4-6H2,1-3H3. The molecular weight excluding hydrogens is 266 g/mol. The molecule has 0 saturated carbocycles. The summed E-state index contributed by atoms with van der Waals surface area (Å²) in [5.41, 5.74) is 4.76. The van der Waals surface area contributed by atoms with E-state index in [2.05, 4.69) is 44.1 Å². The number of nitrogens with zero attached hydrogens (tertiary/aromatic N) is 3. The highest BCUT2D eigenvalue weighted by Gasteiger charge is 2.11. The van der Waals surface area contributed by atoms with Crippen molar-refractivity contribution in [1.29, 1.82) is 0 Å². The summed E-state index contributed by atoms with van der Waals surface area (Å²) in [6.45, 7) is 6.46. The van der Waals surface area contributed by atoms with Gasteiger partial charge in [0.15, 0.2) is 0 Å². The van der Waals surface area contributed by atoms with Gasteiger partial charge in [-0.05, 0) is 25.8 Å². The van der Waals surface area contributed by atoms with E-state index in [4.69, 9.17) is 4.98 Å². The van der Waals surface area contributed by atoms with Crippen molar-refractivity contribution in [3.05, 3.63) is 40.5 Å². The quantitative estimate of drug-likeness (QED) is 0.710. The molecule has 0 atom stereocenters. The Kier molecular flexibility index (Phi) is 3.57. The molecule has 0 radical (unpaired) electrons. The van der Waals surface area contributed by atoms with Crippen molar-refractivity contribution in [2.24, 2.45) is 0 Å². The molecule has 2 aromatic heterocycles. The molecule has 1 aromatic carbocycles. The first-order valence-corrected chi connectivity index (χ1v) is 7.91. The van der Waals surface area contributed by atoms with Crippen LogP contribution >= 0.6 is 11.3 Å². The molecule has 3 aromatic rings. The predicted octanol–water partition coefficient (Wildman–Crippen LogP) is 4.42. The second kappa shape index (κ2) is 5.37. The van der Waals surface area contributed by atoms with Crippen molar-refractivity contribution in [2.75, 3.05) is 0 Å². The van der Waals surface area contributed by atoms with Crippen molar-refractivity contribution < 1.29 is 0 Å². The van der Waals surface area contributed by atoms with E-state index >= 15 is 0 Å². The van der Waals surface area contributed by atoms with Gasteiger partial charge in [0, 0.05) is 12.0 Å². The topological polar surface area (TPSA) is 30.2 Å². The Balaban J connectivity index is 1.95.